The minimum absolute atomic E-state index is 0.0334. The van der Waals surface area contributed by atoms with Gasteiger partial charge in [-0.2, -0.15) is 4.72 Å². The van der Waals surface area contributed by atoms with Crippen molar-refractivity contribution in [3.63, 3.8) is 0 Å². The van der Waals surface area contributed by atoms with Crippen LogP contribution in [0.15, 0.2) is 58.0 Å². The number of carboxylic acid groups (broad SMARTS) is 1. The van der Waals surface area contributed by atoms with Gasteiger partial charge in [0.25, 0.3) is 0 Å². The fraction of sp³-hybridized carbons (Fsp3) is 0.393. The number of rotatable bonds is 11. The number of aromatic nitrogens is 1. The lowest BCUT2D eigenvalue weighted by molar-refractivity contribution is -0.139. The largest absolute Gasteiger partial charge is 0.480 e. The van der Waals surface area contributed by atoms with Crippen molar-refractivity contribution in [2.75, 3.05) is 0 Å². The van der Waals surface area contributed by atoms with Crippen LogP contribution < -0.4 is 4.72 Å². The van der Waals surface area contributed by atoms with Gasteiger partial charge < -0.3 is 14.5 Å². The lowest BCUT2D eigenvalue weighted by Gasteiger charge is -2.15. The Kier molecular flexibility index (Phi) is 7.16. The summed E-state index contributed by atoms with van der Waals surface area (Å²) in [5, 5.41) is 11.8. The van der Waals surface area contributed by atoms with Crippen LogP contribution >= 0.6 is 0 Å². The number of hydrogen-bond acceptors (Lipinski definition) is 4. The molecule has 1 aliphatic rings. The van der Waals surface area contributed by atoms with Crippen LogP contribution in [0.1, 0.15) is 61.8 Å². The molecule has 36 heavy (non-hydrogen) atoms. The van der Waals surface area contributed by atoms with Gasteiger partial charge in [-0.25, -0.2) is 8.42 Å². The Labute approximate surface area is 210 Å². The van der Waals surface area contributed by atoms with E-state index in [2.05, 4.69) is 28.0 Å². The van der Waals surface area contributed by atoms with Crippen molar-refractivity contribution in [1.82, 2.24) is 9.71 Å². The molecule has 0 fully saturated rings. The first-order valence-corrected chi connectivity index (χ1v) is 14.2. The molecule has 0 radical (unpaired) electrons. The maximum atomic E-state index is 13.0. The number of H-pyrrole nitrogens is 1. The van der Waals surface area contributed by atoms with Gasteiger partial charge >= 0.3 is 5.97 Å². The molecule has 0 aliphatic heterocycles. The molecule has 1 atom stereocenters. The van der Waals surface area contributed by atoms with E-state index in [0.29, 0.717) is 12.0 Å². The highest BCUT2D eigenvalue weighted by Gasteiger charge is 2.26. The van der Waals surface area contributed by atoms with Crippen LogP contribution in [0.25, 0.3) is 21.9 Å². The summed E-state index contributed by atoms with van der Waals surface area (Å²) in [6.45, 7) is 0. The third-order valence-corrected chi connectivity index (χ3v) is 8.67. The van der Waals surface area contributed by atoms with E-state index in [1.54, 1.807) is 12.1 Å². The summed E-state index contributed by atoms with van der Waals surface area (Å²) in [5.74, 6) is -0.223. The SMILES string of the molecule is O=C(O)[C@@H](CCCCCCc1c[nH]c2ccccc12)NS(=O)(=O)c1ccc2c3c(oc2c1)CCCC3. The minimum Gasteiger partial charge on any atom is -0.480 e. The van der Waals surface area contributed by atoms with Crippen molar-refractivity contribution < 1.29 is 22.7 Å². The average molecular weight is 509 g/mol. The van der Waals surface area contributed by atoms with Crippen LogP contribution in [0.4, 0.5) is 0 Å². The monoisotopic (exact) mass is 508 g/mol. The number of carbonyl (C=O) groups is 1. The summed E-state index contributed by atoms with van der Waals surface area (Å²) in [4.78, 5) is 15.1. The van der Waals surface area contributed by atoms with Crippen molar-refractivity contribution in [3.05, 3.63) is 65.5 Å². The number of unbranched alkanes of at least 4 members (excludes halogenated alkanes) is 3. The minimum atomic E-state index is -3.99. The number of aromatic amines is 1. The quantitative estimate of drug-likeness (QED) is 0.224. The van der Waals surface area contributed by atoms with Crippen molar-refractivity contribution in [3.8, 4) is 0 Å². The molecule has 0 saturated carbocycles. The zero-order valence-corrected chi connectivity index (χ0v) is 21.1. The number of aliphatic carboxylic acids is 1. The van der Waals surface area contributed by atoms with Crippen molar-refractivity contribution >= 4 is 37.9 Å². The van der Waals surface area contributed by atoms with Crippen LogP contribution in [0.2, 0.25) is 0 Å². The van der Waals surface area contributed by atoms with Gasteiger partial charge in [0.1, 0.15) is 17.4 Å². The molecule has 2 aromatic heterocycles. The third-order valence-electron chi connectivity index (χ3n) is 7.20. The van der Waals surface area contributed by atoms with E-state index in [4.69, 9.17) is 4.42 Å². The number of aryl methyl sites for hydroxylation is 3. The predicted molar refractivity (Wildman–Crippen MR) is 140 cm³/mol. The van der Waals surface area contributed by atoms with Crippen molar-refractivity contribution in [1.29, 1.82) is 0 Å². The Bertz CT molecular complexity index is 1480. The van der Waals surface area contributed by atoms with Crippen molar-refractivity contribution in [2.24, 2.45) is 0 Å². The highest BCUT2D eigenvalue weighted by molar-refractivity contribution is 7.89. The molecule has 0 bridgehead atoms. The van der Waals surface area contributed by atoms with E-state index < -0.39 is 22.0 Å². The smallest absolute Gasteiger partial charge is 0.321 e. The molecule has 2 aromatic carbocycles. The Balaban J connectivity index is 1.15. The second-order valence-corrected chi connectivity index (χ2v) is 11.4. The van der Waals surface area contributed by atoms with Crippen LogP contribution in [0.3, 0.4) is 0 Å². The molecular weight excluding hydrogens is 476 g/mol. The lowest BCUT2D eigenvalue weighted by Crippen LogP contribution is -2.40. The first-order valence-electron chi connectivity index (χ1n) is 12.8. The second kappa shape index (κ2) is 10.5. The Morgan fingerprint density at radius 3 is 2.69 bits per heavy atom. The highest BCUT2D eigenvalue weighted by Crippen LogP contribution is 2.33. The Morgan fingerprint density at radius 2 is 1.83 bits per heavy atom. The van der Waals surface area contributed by atoms with E-state index in [1.807, 2.05) is 12.1 Å². The van der Waals surface area contributed by atoms with Crippen LogP contribution in [0, 0.1) is 0 Å². The van der Waals surface area contributed by atoms with Gasteiger partial charge in [0.05, 0.1) is 4.90 Å². The van der Waals surface area contributed by atoms with Gasteiger partial charge in [0.15, 0.2) is 0 Å². The van der Waals surface area contributed by atoms with E-state index in [-0.39, 0.29) is 11.3 Å². The van der Waals surface area contributed by atoms with Crippen LogP contribution in [0.5, 0.6) is 0 Å². The van der Waals surface area contributed by atoms with Gasteiger partial charge in [0, 0.05) is 40.5 Å². The van der Waals surface area contributed by atoms with Crippen LogP contribution in [-0.4, -0.2) is 30.5 Å². The lowest BCUT2D eigenvalue weighted by atomic mass is 9.96. The summed E-state index contributed by atoms with van der Waals surface area (Å²) in [6.07, 6.45) is 10.7. The number of furan rings is 1. The molecule has 5 rings (SSSR count). The van der Waals surface area contributed by atoms with Gasteiger partial charge in [-0.05, 0) is 62.3 Å². The average Bonchev–Trinajstić information content (AvgIpc) is 3.46. The molecule has 7 nitrogen and oxygen atoms in total. The number of nitrogens with one attached hydrogen (secondary N) is 2. The summed E-state index contributed by atoms with van der Waals surface area (Å²) in [6, 6.07) is 11.9. The molecule has 0 unspecified atom stereocenters. The van der Waals surface area contributed by atoms with Crippen LogP contribution in [-0.2, 0) is 34.1 Å². The molecule has 4 aromatic rings. The standard InChI is InChI=1S/C28H32N2O5S/c31-28(32)25(13-4-2-1-3-9-19-18-29-24-12-7-5-10-21(19)24)30-36(33,34)20-15-16-23-22-11-6-8-14-26(22)35-27(23)17-20/h5,7,10,12,15-18,25,29-30H,1-4,6,8-9,11,13-14H2,(H,31,32)/t25-/m1/s1. The van der Waals surface area contributed by atoms with Crippen molar-refractivity contribution in [2.45, 2.75) is 75.1 Å². The fourth-order valence-electron chi connectivity index (χ4n) is 5.26. The maximum Gasteiger partial charge on any atom is 0.321 e. The predicted octanol–water partition coefficient (Wildman–Crippen LogP) is 5.72. The number of benzene rings is 2. The molecule has 8 heteroatoms. The summed E-state index contributed by atoms with van der Waals surface area (Å²) < 4.78 is 34.3. The fourth-order valence-corrected chi connectivity index (χ4v) is 6.49. The maximum absolute atomic E-state index is 13.0. The molecule has 1 aliphatic carbocycles. The first kappa shape index (κ1) is 24.6. The first-order chi connectivity index (χ1) is 17.4. The summed E-state index contributed by atoms with van der Waals surface area (Å²) in [7, 11) is -3.99. The van der Waals surface area contributed by atoms with E-state index in [1.165, 1.54) is 22.6 Å². The Hall–Kier alpha value is -3.10. The molecule has 0 amide bonds. The topological polar surface area (TPSA) is 112 Å². The van der Waals surface area contributed by atoms with Gasteiger partial charge in [0.2, 0.25) is 10.0 Å². The summed E-state index contributed by atoms with van der Waals surface area (Å²) >= 11 is 0. The van der Waals surface area contributed by atoms with Gasteiger partial charge in [-0.15, -0.1) is 0 Å². The molecule has 2 heterocycles. The van der Waals surface area contributed by atoms with E-state index >= 15 is 0 Å². The van der Waals surface area contributed by atoms with Gasteiger partial charge in [-0.3, -0.25) is 4.79 Å². The summed E-state index contributed by atoms with van der Waals surface area (Å²) in [5.41, 5.74) is 4.14. The highest BCUT2D eigenvalue weighted by atomic mass is 32.2. The number of carboxylic acids is 1. The van der Waals surface area contributed by atoms with E-state index in [9.17, 15) is 18.3 Å². The normalized spacial score (nSPS) is 14.8. The third kappa shape index (κ3) is 5.20. The molecule has 0 saturated heterocycles. The number of hydrogen-bond donors (Lipinski definition) is 3. The Morgan fingerprint density at radius 1 is 1.03 bits per heavy atom. The van der Waals surface area contributed by atoms with E-state index in [0.717, 1.165) is 68.0 Å². The molecule has 3 N–H and O–H groups in total. The zero-order chi connectivity index (χ0) is 25.1. The molecule has 0 spiro atoms. The van der Waals surface area contributed by atoms with Gasteiger partial charge in [-0.1, -0.05) is 37.5 Å². The zero-order valence-electron chi connectivity index (χ0n) is 20.3. The number of para-hydroxylation sites is 1. The molecular formula is C28H32N2O5S. The molecule has 190 valence electrons. The second-order valence-electron chi connectivity index (χ2n) is 9.69. The number of fused-ring (bicyclic) bond motifs is 4. The number of sulfonamides is 1.